The van der Waals surface area contributed by atoms with E-state index in [0.717, 1.165) is 11.4 Å². The maximum absolute atomic E-state index is 11.5. The molecule has 2 aromatic rings. The number of rotatable bonds is 4. The van der Waals surface area contributed by atoms with Crippen LogP contribution in [0.5, 0.6) is 5.75 Å². The van der Waals surface area contributed by atoms with Crippen LogP contribution >= 0.6 is 11.3 Å². The highest BCUT2D eigenvalue weighted by Crippen LogP contribution is 2.37. The number of Topliss-reactive ketones (excluding diaryl/α,β-unsaturated/α-hetero) is 1. The fourth-order valence-electron chi connectivity index (χ4n) is 1.71. The normalized spacial score (nSPS) is 9.85. The van der Waals surface area contributed by atoms with Crippen molar-refractivity contribution in [2.24, 2.45) is 0 Å². The number of nitrogens with one attached hydrogen (secondary N) is 1. The van der Waals surface area contributed by atoms with E-state index in [1.54, 1.807) is 19.2 Å². The van der Waals surface area contributed by atoms with Crippen molar-refractivity contribution in [3.8, 4) is 11.8 Å². The van der Waals surface area contributed by atoms with Gasteiger partial charge in [0.05, 0.1) is 17.7 Å². The van der Waals surface area contributed by atoms with Crippen LogP contribution in [0, 0.1) is 11.3 Å². The lowest BCUT2D eigenvalue weighted by molar-refractivity contribution is 0.102. The van der Waals surface area contributed by atoms with Crippen LogP contribution in [0.3, 0.4) is 0 Å². The highest BCUT2D eigenvalue weighted by molar-refractivity contribution is 7.19. The first-order valence-electron chi connectivity index (χ1n) is 5.81. The number of benzene rings is 1. The lowest BCUT2D eigenvalue weighted by Crippen LogP contribution is -1.96. The molecule has 0 saturated heterocycles. The molecule has 0 spiro atoms. The zero-order chi connectivity index (χ0) is 14.7. The molecule has 0 aliphatic rings. The van der Waals surface area contributed by atoms with Crippen LogP contribution in [0.15, 0.2) is 24.3 Å². The molecule has 0 amide bonds. The van der Waals surface area contributed by atoms with Gasteiger partial charge in [0.2, 0.25) is 0 Å². The third-order valence-electron chi connectivity index (χ3n) is 2.72. The van der Waals surface area contributed by atoms with E-state index >= 15 is 0 Å². The molecule has 20 heavy (non-hydrogen) atoms. The van der Waals surface area contributed by atoms with Crippen molar-refractivity contribution in [1.29, 1.82) is 5.26 Å². The summed E-state index contributed by atoms with van der Waals surface area (Å²) in [6.07, 6.45) is 0. The highest BCUT2D eigenvalue weighted by Gasteiger charge is 2.18. The molecule has 6 heteroatoms. The molecule has 1 heterocycles. The summed E-state index contributed by atoms with van der Waals surface area (Å²) >= 11 is 1.18. The summed E-state index contributed by atoms with van der Waals surface area (Å²) in [6, 6.07) is 9.28. The molecule has 0 bridgehead atoms. The predicted molar refractivity (Wildman–Crippen MR) is 79.7 cm³/mol. The zero-order valence-corrected chi connectivity index (χ0v) is 11.9. The van der Waals surface area contributed by atoms with Crippen molar-refractivity contribution in [3.05, 3.63) is 34.7 Å². The third-order valence-corrected chi connectivity index (χ3v) is 3.95. The lowest BCUT2D eigenvalue weighted by atomic mass is 10.2. The van der Waals surface area contributed by atoms with Gasteiger partial charge in [-0.15, -0.1) is 11.3 Å². The van der Waals surface area contributed by atoms with Crippen LogP contribution in [0.2, 0.25) is 0 Å². The molecule has 1 aromatic carbocycles. The summed E-state index contributed by atoms with van der Waals surface area (Å²) in [5.41, 5.74) is 7.15. The molecular formula is C14H13N3O2S. The standard InChI is InChI=1S/C14H13N3O2S/c1-8(18)13-12(16)11(7-15)14(20-13)17-9-3-5-10(19-2)6-4-9/h3-6,17H,16H2,1-2H3. The number of hydrogen-bond donors (Lipinski definition) is 2. The van der Waals surface area contributed by atoms with Gasteiger partial charge in [-0.1, -0.05) is 0 Å². The Bertz CT molecular complexity index is 684. The van der Waals surface area contributed by atoms with Crippen molar-refractivity contribution in [2.75, 3.05) is 18.2 Å². The van der Waals surface area contributed by atoms with E-state index in [-0.39, 0.29) is 11.5 Å². The number of anilines is 3. The van der Waals surface area contributed by atoms with Crippen molar-refractivity contribution in [1.82, 2.24) is 0 Å². The van der Waals surface area contributed by atoms with Crippen molar-refractivity contribution in [2.45, 2.75) is 6.92 Å². The van der Waals surface area contributed by atoms with Gasteiger partial charge in [0.25, 0.3) is 0 Å². The van der Waals surface area contributed by atoms with Gasteiger partial charge in [0, 0.05) is 12.6 Å². The van der Waals surface area contributed by atoms with Gasteiger partial charge >= 0.3 is 0 Å². The summed E-state index contributed by atoms with van der Waals surface area (Å²) in [5.74, 6) is 0.595. The molecule has 0 unspecified atom stereocenters. The minimum atomic E-state index is -0.146. The minimum Gasteiger partial charge on any atom is -0.497 e. The first-order chi connectivity index (χ1) is 9.56. The fourth-order valence-corrected chi connectivity index (χ4v) is 2.70. The molecule has 1 aromatic heterocycles. The highest BCUT2D eigenvalue weighted by atomic mass is 32.1. The Labute approximate surface area is 120 Å². The monoisotopic (exact) mass is 287 g/mol. The number of ether oxygens (including phenoxy) is 1. The van der Waals surface area contributed by atoms with Crippen molar-refractivity contribution in [3.63, 3.8) is 0 Å². The SMILES string of the molecule is COc1ccc(Nc2sc(C(C)=O)c(N)c2C#N)cc1. The first kappa shape index (κ1) is 13.9. The van der Waals surface area contributed by atoms with E-state index in [1.807, 2.05) is 18.2 Å². The van der Waals surface area contributed by atoms with Gasteiger partial charge in [0.1, 0.15) is 22.4 Å². The molecule has 0 aliphatic carbocycles. The third kappa shape index (κ3) is 2.58. The van der Waals surface area contributed by atoms with Gasteiger partial charge in [0.15, 0.2) is 5.78 Å². The molecule has 0 aliphatic heterocycles. The number of ketones is 1. The largest absolute Gasteiger partial charge is 0.497 e. The van der Waals surface area contributed by atoms with E-state index in [2.05, 4.69) is 5.32 Å². The fraction of sp³-hybridized carbons (Fsp3) is 0.143. The number of nitrogens with two attached hydrogens (primary N) is 1. The number of hydrogen-bond acceptors (Lipinski definition) is 6. The van der Waals surface area contributed by atoms with Gasteiger partial charge in [-0.2, -0.15) is 5.26 Å². The zero-order valence-electron chi connectivity index (χ0n) is 11.1. The van der Waals surface area contributed by atoms with Gasteiger partial charge in [-0.25, -0.2) is 0 Å². The van der Waals surface area contributed by atoms with Crippen LogP contribution in [0.1, 0.15) is 22.2 Å². The van der Waals surface area contributed by atoms with E-state index in [9.17, 15) is 4.79 Å². The van der Waals surface area contributed by atoms with Crippen LogP contribution in [0.4, 0.5) is 16.4 Å². The quantitative estimate of drug-likeness (QED) is 0.843. The summed E-state index contributed by atoms with van der Waals surface area (Å²) in [6.45, 7) is 1.43. The van der Waals surface area contributed by atoms with E-state index in [0.29, 0.717) is 15.4 Å². The van der Waals surface area contributed by atoms with Crippen LogP contribution in [-0.4, -0.2) is 12.9 Å². The Morgan fingerprint density at radius 2 is 2.05 bits per heavy atom. The second kappa shape index (κ2) is 5.63. The molecule has 0 saturated carbocycles. The number of nitrogens with zero attached hydrogens (tertiary/aromatic N) is 1. The smallest absolute Gasteiger partial charge is 0.171 e. The topological polar surface area (TPSA) is 88.1 Å². The Balaban J connectivity index is 2.35. The Hall–Kier alpha value is -2.52. The minimum absolute atomic E-state index is 0.146. The van der Waals surface area contributed by atoms with Crippen molar-refractivity contribution >= 4 is 33.5 Å². The number of nitriles is 1. The Kier molecular flexibility index (Phi) is 3.91. The molecule has 102 valence electrons. The lowest BCUT2D eigenvalue weighted by Gasteiger charge is -2.05. The Morgan fingerprint density at radius 1 is 1.40 bits per heavy atom. The second-order valence-corrected chi connectivity index (χ2v) is 5.09. The first-order valence-corrected chi connectivity index (χ1v) is 6.62. The van der Waals surface area contributed by atoms with Gasteiger partial charge in [-0.3, -0.25) is 4.79 Å². The van der Waals surface area contributed by atoms with E-state index < -0.39 is 0 Å². The average Bonchev–Trinajstić information content (AvgIpc) is 2.76. The van der Waals surface area contributed by atoms with Crippen LogP contribution in [-0.2, 0) is 0 Å². The number of carbonyl (C=O) groups is 1. The predicted octanol–water partition coefficient (Wildman–Crippen LogP) is 3.16. The van der Waals surface area contributed by atoms with Crippen molar-refractivity contribution < 1.29 is 9.53 Å². The Morgan fingerprint density at radius 3 is 2.55 bits per heavy atom. The molecular weight excluding hydrogens is 274 g/mol. The van der Waals surface area contributed by atoms with E-state index in [1.165, 1.54) is 18.3 Å². The molecule has 3 N–H and O–H groups in total. The van der Waals surface area contributed by atoms with Gasteiger partial charge < -0.3 is 15.8 Å². The van der Waals surface area contributed by atoms with Crippen LogP contribution in [0.25, 0.3) is 0 Å². The number of nitrogen functional groups attached to an aromatic ring is 1. The number of carbonyl (C=O) groups excluding carboxylic acids is 1. The van der Waals surface area contributed by atoms with Crippen LogP contribution < -0.4 is 15.8 Å². The average molecular weight is 287 g/mol. The molecule has 0 atom stereocenters. The summed E-state index contributed by atoms with van der Waals surface area (Å²) in [5, 5.41) is 12.8. The molecule has 5 nitrogen and oxygen atoms in total. The molecule has 2 rings (SSSR count). The summed E-state index contributed by atoms with van der Waals surface area (Å²) in [7, 11) is 1.59. The maximum Gasteiger partial charge on any atom is 0.171 e. The number of methoxy groups -OCH3 is 1. The number of thiophene rings is 1. The second-order valence-electron chi connectivity index (χ2n) is 4.07. The van der Waals surface area contributed by atoms with Gasteiger partial charge in [-0.05, 0) is 24.3 Å². The van der Waals surface area contributed by atoms with E-state index in [4.69, 9.17) is 15.7 Å². The summed E-state index contributed by atoms with van der Waals surface area (Å²) < 4.78 is 5.08. The maximum atomic E-state index is 11.5. The molecule has 0 fully saturated rings. The summed E-state index contributed by atoms with van der Waals surface area (Å²) in [4.78, 5) is 11.9. The molecule has 0 radical (unpaired) electrons.